The van der Waals surface area contributed by atoms with Crippen LogP contribution in [-0.4, -0.2) is 24.2 Å². The number of anilines is 1. The van der Waals surface area contributed by atoms with Gasteiger partial charge in [-0.25, -0.2) is 4.39 Å². The molecule has 1 heterocycles. The van der Waals surface area contributed by atoms with Crippen LogP contribution >= 0.6 is 0 Å². The van der Waals surface area contributed by atoms with Gasteiger partial charge in [-0.05, 0) is 12.1 Å². The first kappa shape index (κ1) is 8.31. The maximum Gasteiger partial charge on any atom is 0.166 e. The van der Waals surface area contributed by atoms with Crippen molar-refractivity contribution in [3.8, 4) is 5.75 Å². The Balaban J connectivity index is 2.07. The van der Waals surface area contributed by atoms with Gasteiger partial charge in [-0.3, -0.25) is 0 Å². The Bertz CT molecular complexity index is 312. The van der Waals surface area contributed by atoms with Crippen molar-refractivity contribution in [3.63, 3.8) is 0 Å². The van der Waals surface area contributed by atoms with Gasteiger partial charge < -0.3 is 15.7 Å². The Morgan fingerprint density at radius 1 is 1.46 bits per heavy atom. The monoisotopic (exact) mass is 182 g/mol. The quantitative estimate of drug-likeness (QED) is 0.596. The van der Waals surface area contributed by atoms with Gasteiger partial charge in [-0.1, -0.05) is 0 Å². The van der Waals surface area contributed by atoms with Gasteiger partial charge in [0.2, 0.25) is 0 Å². The van der Waals surface area contributed by atoms with Crippen LogP contribution in [0.2, 0.25) is 0 Å². The molecule has 0 amide bonds. The number of phenolic OH excluding ortho intramolecular Hbond substituents is 1. The fourth-order valence-electron chi connectivity index (χ4n) is 1.22. The van der Waals surface area contributed by atoms with E-state index in [0.717, 1.165) is 13.1 Å². The Labute approximate surface area is 75.6 Å². The van der Waals surface area contributed by atoms with Crippen molar-refractivity contribution in [3.05, 3.63) is 24.0 Å². The SMILES string of the molecule is Oc1ccc(NC2CNC2)cc1F. The molecule has 3 nitrogen and oxygen atoms in total. The Kier molecular flexibility index (Phi) is 2.06. The van der Waals surface area contributed by atoms with Crippen molar-refractivity contribution in [2.24, 2.45) is 0 Å². The number of benzene rings is 1. The first-order chi connectivity index (χ1) is 6.25. The molecule has 0 atom stereocenters. The van der Waals surface area contributed by atoms with Crippen LogP contribution in [0.1, 0.15) is 0 Å². The molecule has 0 radical (unpaired) electrons. The van der Waals surface area contributed by atoms with Gasteiger partial charge in [0.1, 0.15) is 0 Å². The lowest BCUT2D eigenvalue weighted by Crippen LogP contribution is -2.51. The van der Waals surface area contributed by atoms with Gasteiger partial charge >= 0.3 is 0 Å². The fourth-order valence-corrected chi connectivity index (χ4v) is 1.22. The number of phenols is 1. The highest BCUT2D eigenvalue weighted by atomic mass is 19.1. The molecule has 0 aromatic heterocycles. The smallest absolute Gasteiger partial charge is 0.166 e. The van der Waals surface area contributed by atoms with Crippen molar-refractivity contribution in [1.29, 1.82) is 0 Å². The maximum atomic E-state index is 12.8. The zero-order valence-electron chi connectivity index (χ0n) is 7.05. The summed E-state index contributed by atoms with van der Waals surface area (Å²) in [4.78, 5) is 0. The number of hydrogen-bond acceptors (Lipinski definition) is 3. The highest BCUT2D eigenvalue weighted by molar-refractivity contribution is 5.48. The van der Waals surface area contributed by atoms with Crippen LogP contribution in [0.3, 0.4) is 0 Å². The summed E-state index contributed by atoms with van der Waals surface area (Å²) in [6, 6.07) is 4.69. The van der Waals surface area contributed by atoms with E-state index in [1.165, 1.54) is 12.1 Å². The van der Waals surface area contributed by atoms with E-state index < -0.39 is 5.82 Å². The van der Waals surface area contributed by atoms with Crippen LogP contribution < -0.4 is 10.6 Å². The summed E-state index contributed by atoms with van der Waals surface area (Å²) in [6.45, 7) is 1.81. The molecule has 3 N–H and O–H groups in total. The third-order valence-electron chi connectivity index (χ3n) is 2.10. The average Bonchev–Trinajstić information content (AvgIpc) is 2.04. The second-order valence-corrected chi connectivity index (χ2v) is 3.17. The largest absolute Gasteiger partial charge is 0.505 e. The predicted molar refractivity (Wildman–Crippen MR) is 48.3 cm³/mol. The number of aromatic hydroxyl groups is 1. The Morgan fingerprint density at radius 2 is 2.23 bits per heavy atom. The zero-order valence-corrected chi connectivity index (χ0v) is 7.05. The molecule has 1 saturated heterocycles. The Morgan fingerprint density at radius 3 is 2.77 bits per heavy atom. The summed E-state index contributed by atoms with van der Waals surface area (Å²) >= 11 is 0. The standard InChI is InChI=1S/C9H11FN2O/c10-8-3-6(1-2-9(8)13)12-7-4-11-5-7/h1-3,7,11-13H,4-5H2. The topological polar surface area (TPSA) is 44.3 Å². The molecular weight excluding hydrogens is 171 g/mol. The third-order valence-corrected chi connectivity index (χ3v) is 2.10. The van der Waals surface area contributed by atoms with Gasteiger partial charge in [0, 0.05) is 24.8 Å². The summed E-state index contributed by atoms with van der Waals surface area (Å²) in [7, 11) is 0. The van der Waals surface area contributed by atoms with Crippen LogP contribution in [-0.2, 0) is 0 Å². The molecule has 70 valence electrons. The number of halogens is 1. The van der Waals surface area contributed by atoms with Gasteiger partial charge in [0.25, 0.3) is 0 Å². The van der Waals surface area contributed by atoms with E-state index in [-0.39, 0.29) is 5.75 Å². The molecule has 0 bridgehead atoms. The molecule has 0 spiro atoms. The van der Waals surface area contributed by atoms with Gasteiger partial charge in [0.15, 0.2) is 11.6 Å². The fraction of sp³-hybridized carbons (Fsp3) is 0.333. The molecule has 0 saturated carbocycles. The summed E-state index contributed by atoms with van der Waals surface area (Å²) < 4.78 is 12.8. The summed E-state index contributed by atoms with van der Waals surface area (Å²) in [6.07, 6.45) is 0. The molecule has 13 heavy (non-hydrogen) atoms. The molecule has 0 unspecified atom stereocenters. The first-order valence-corrected chi connectivity index (χ1v) is 4.21. The van der Waals surface area contributed by atoms with Crippen LogP contribution in [0.25, 0.3) is 0 Å². The molecule has 2 rings (SSSR count). The number of rotatable bonds is 2. The molecule has 0 aliphatic carbocycles. The van der Waals surface area contributed by atoms with Crippen LogP contribution in [0, 0.1) is 5.82 Å². The molecular formula is C9H11FN2O. The van der Waals surface area contributed by atoms with E-state index in [2.05, 4.69) is 10.6 Å². The van der Waals surface area contributed by atoms with E-state index in [9.17, 15) is 4.39 Å². The molecule has 1 fully saturated rings. The second-order valence-electron chi connectivity index (χ2n) is 3.17. The lowest BCUT2D eigenvalue weighted by molar-refractivity contribution is 0.432. The van der Waals surface area contributed by atoms with Crippen molar-refractivity contribution in [2.45, 2.75) is 6.04 Å². The summed E-state index contributed by atoms with van der Waals surface area (Å²) in [5.74, 6) is -0.894. The highest BCUT2D eigenvalue weighted by Crippen LogP contribution is 2.20. The van der Waals surface area contributed by atoms with E-state index in [4.69, 9.17) is 5.11 Å². The molecule has 1 aliphatic rings. The van der Waals surface area contributed by atoms with Gasteiger partial charge in [-0.15, -0.1) is 0 Å². The molecule has 1 aromatic rings. The lowest BCUT2D eigenvalue weighted by atomic mass is 10.1. The zero-order chi connectivity index (χ0) is 9.26. The Hall–Kier alpha value is -1.29. The van der Waals surface area contributed by atoms with E-state index >= 15 is 0 Å². The minimum atomic E-state index is -0.586. The summed E-state index contributed by atoms with van der Waals surface area (Å²) in [5, 5.41) is 15.2. The lowest BCUT2D eigenvalue weighted by Gasteiger charge is -2.28. The van der Waals surface area contributed by atoms with Crippen molar-refractivity contribution < 1.29 is 9.50 Å². The second kappa shape index (κ2) is 3.22. The van der Waals surface area contributed by atoms with E-state index in [1.807, 2.05) is 0 Å². The minimum absolute atomic E-state index is 0.308. The van der Waals surface area contributed by atoms with Crippen molar-refractivity contribution in [2.75, 3.05) is 18.4 Å². The van der Waals surface area contributed by atoms with Gasteiger partial charge in [-0.2, -0.15) is 0 Å². The third kappa shape index (κ3) is 1.72. The normalized spacial score (nSPS) is 16.7. The summed E-state index contributed by atoms with van der Waals surface area (Å²) in [5.41, 5.74) is 0.710. The average molecular weight is 182 g/mol. The molecule has 4 heteroatoms. The van der Waals surface area contributed by atoms with Crippen LogP contribution in [0.5, 0.6) is 5.75 Å². The molecule has 1 aromatic carbocycles. The van der Waals surface area contributed by atoms with E-state index in [0.29, 0.717) is 11.7 Å². The predicted octanol–water partition coefficient (Wildman–Crippen LogP) is 0.915. The molecule has 1 aliphatic heterocycles. The highest BCUT2D eigenvalue weighted by Gasteiger charge is 2.16. The van der Waals surface area contributed by atoms with Gasteiger partial charge in [0.05, 0.1) is 6.04 Å². The van der Waals surface area contributed by atoms with Crippen LogP contribution in [0.15, 0.2) is 18.2 Å². The van der Waals surface area contributed by atoms with Crippen molar-refractivity contribution in [1.82, 2.24) is 5.32 Å². The van der Waals surface area contributed by atoms with Crippen molar-refractivity contribution >= 4 is 5.69 Å². The number of hydrogen-bond donors (Lipinski definition) is 3. The van der Waals surface area contributed by atoms with E-state index in [1.54, 1.807) is 6.07 Å². The minimum Gasteiger partial charge on any atom is -0.505 e. The first-order valence-electron chi connectivity index (χ1n) is 4.21. The van der Waals surface area contributed by atoms with Crippen LogP contribution in [0.4, 0.5) is 10.1 Å². The maximum absolute atomic E-state index is 12.8. The number of nitrogens with one attached hydrogen (secondary N) is 2.